The number of rotatable bonds is 7. The maximum atomic E-state index is 13.0. The van der Waals surface area contributed by atoms with Gasteiger partial charge in [-0.3, -0.25) is 9.69 Å². The van der Waals surface area contributed by atoms with E-state index in [0.717, 1.165) is 16.7 Å². The van der Waals surface area contributed by atoms with Gasteiger partial charge in [0.05, 0.1) is 34.7 Å². The van der Waals surface area contributed by atoms with Crippen LogP contribution in [0.1, 0.15) is 22.3 Å². The van der Waals surface area contributed by atoms with Crippen LogP contribution in [0.2, 0.25) is 0 Å². The number of thioether (sulfide) groups is 1. The van der Waals surface area contributed by atoms with Gasteiger partial charge in [-0.2, -0.15) is 5.26 Å². The lowest BCUT2D eigenvalue weighted by Gasteiger charge is -2.14. The molecule has 0 bridgehead atoms. The van der Waals surface area contributed by atoms with Gasteiger partial charge in [-0.15, -0.1) is 0 Å². The van der Waals surface area contributed by atoms with Crippen LogP contribution in [0.25, 0.3) is 6.08 Å². The smallest absolute Gasteiger partial charge is 0.266 e. The summed E-state index contributed by atoms with van der Waals surface area (Å²) in [4.78, 5) is 15.2. The summed E-state index contributed by atoms with van der Waals surface area (Å²) >= 11 is 10.3. The molecule has 0 radical (unpaired) electrons. The Morgan fingerprint density at radius 2 is 1.85 bits per heavy atom. The molecule has 1 saturated heterocycles. The summed E-state index contributed by atoms with van der Waals surface area (Å²) in [5.41, 5.74) is 3.34. The molecule has 1 heterocycles. The molecular weight excluding hydrogens is 532 g/mol. The highest BCUT2D eigenvalue weighted by Crippen LogP contribution is 2.39. The SMILES string of the molecule is COc1cc(/C=C2\SC(=S)N(Cc3ccccc3)C2=O)cc(Br)c1OCc1ccc(C#N)cc1. The summed E-state index contributed by atoms with van der Waals surface area (Å²) in [5, 5.41) is 8.94. The van der Waals surface area contributed by atoms with Crippen LogP contribution >= 0.6 is 39.9 Å². The van der Waals surface area contributed by atoms with E-state index in [4.69, 9.17) is 27.0 Å². The molecule has 3 aromatic rings. The number of hydrogen-bond acceptors (Lipinski definition) is 6. The Labute approximate surface area is 216 Å². The summed E-state index contributed by atoms with van der Waals surface area (Å²) in [7, 11) is 1.57. The minimum atomic E-state index is -0.116. The van der Waals surface area contributed by atoms with E-state index in [9.17, 15) is 4.79 Å². The molecule has 0 unspecified atom stereocenters. The lowest BCUT2D eigenvalue weighted by atomic mass is 10.1. The molecule has 3 aromatic carbocycles. The van der Waals surface area contributed by atoms with E-state index in [1.54, 1.807) is 24.1 Å². The Kier molecular flexibility index (Phi) is 7.68. The van der Waals surface area contributed by atoms with Crippen LogP contribution in [0.3, 0.4) is 0 Å². The van der Waals surface area contributed by atoms with Crippen molar-refractivity contribution in [1.29, 1.82) is 5.26 Å². The molecule has 0 aliphatic carbocycles. The van der Waals surface area contributed by atoms with Gasteiger partial charge >= 0.3 is 0 Å². The quantitative estimate of drug-likeness (QED) is 0.253. The van der Waals surface area contributed by atoms with Gasteiger partial charge in [0.25, 0.3) is 5.91 Å². The second-order valence-corrected chi connectivity index (χ2v) is 9.92. The molecule has 8 heteroatoms. The van der Waals surface area contributed by atoms with Crippen molar-refractivity contribution in [2.75, 3.05) is 7.11 Å². The Hall–Kier alpha value is -3.12. The predicted octanol–water partition coefficient (Wildman–Crippen LogP) is 6.31. The molecular formula is C26H19BrN2O3S2. The Bertz CT molecular complexity index is 1300. The molecule has 1 amide bonds. The zero-order chi connectivity index (χ0) is 24.1. The van der Waals surface area contributed by atoms with Crippen LogP contribution < -0.4 is 9.47 Å². The van der Waals surface area contributed by atoms with Gasteiger partial charge in [-0.25, -0.2) is 0 Å². The van der Waals surface area contributed by atoms with E-state index in [-0.39, 0.29) is 5.91 Å². The van der Waals surface area contributed by atoms with E-state index in [2.05, 4.69) is 22.0 Å². The highest BCUT2D eigenvalue weighted by atomic mass is 79.9. The Morgan fingerprint density at radius 3 is 2.53 bits per heavy atom. The van der Waals surface area contributed by atoms with Crippen molar-refractivity contribution in [3.8, 4) is 17.6 Å². The van der Waals surface area contributed by atoms with E-state index in [1.807, 2.05) is 60.7 Å². The highest BCUT2D eigenvalue weighted by molar-refractivity contribution is 9.10. The van der Waals surface area contributed by atoms with Crippen molar-refractivity contribution < 1.29 is 14.3 Å². The lowest BCUT2D eigenvalue weighted by Crippen LogP contribution is -2.27. The first kappa shape index (κ1) is 24.0. The fraction of sp³-hybridized carbons (Fsp3) is 0.115. The van der Waals surface area contributed by atoms with Crippen molar-refractivity contribution in [1.82, 2.24) is 4.90 Å². The molecule has 170 valence electrons. The molecule has 34 heavy (non-hydrogen) atoms. The average Bonchev–Trinajstić information content (AvgIpc) is 3.11. The number of nitriles is 1. The van der Waals surface area contributed by atoms with Gasteiger partial charge in [0.1, 0.15) is 10.9 Å². The molecule has 5 nitrogen and oxygen atoms in total. The highest BCUT2D eigenvalue weighted by Gasteiger charge is 2.32. The monoisotopic (exact) mass is 550 g/mol. The van der Waals surface area contributed by atoms with Gasteiger partial charge in [0, 0.05) is 0 Å². The van der Waals surface area contributed by atoms with Crippen LogP contribution in [0.5, 0.6) is 11.5 Å². The van der Waals surface area contributed by atoms with Crippen LogP contribution in [-0.4, -0.2) is 22.2 Å². The fourth-order valence-electron chi connectivity index (χ4n) is 3.35. The number of amides is 1. The van der Waals surface area contributed by atoms with Gasteiger partial charge in [0.2, 0.25) is 0 Å². The second kappa shape index (κ2) is 10.9. The predicted molar refractivity (Wildman–Crippen MR) is 141 cm³/mol. The zero-order valence-electron chi connectivity index (χ0n) is 18.2. The number of thiocarbonyl (C=S) groups is 1. The minimum Gasteiger partial charge on any atom is -0.493 e. The number of halogens is 1. The van der Waals surface area contributed by atoms with Gasteiger partial charge in [-0.05, 0) is 63.0 Å². The summed E-state index contributed by atoms with van der Waals surface area (Å²) in [6.45, 7) is 0.760. The number of ether oxygens (including phenoxy) is 2. The van der Waals surface area contributed by atoms with Crippen LogP contribution in [0.15, 0.2) is 76.1 Å². The summed E-state index contributed by atoms with van der Waals surface area (Å²) in [6, 6.07) is 22.8. The first-order chi connectivity index (χ1) is 16.5. The standard InChI is InChI=1S/C26H19BrN2O3S2/c1-31-22-12-20(11-21(27)24(22)32-16-19-9-7-17(14-28)8-10-19)13-23-25(30)29(26(33)34-23)15-18-5-3-2-4-6-18/h2-13H,15-16H2,1H3/b23-13-. The maximum Gasteiger partial charge on any atom is 0.266 e. The first-order valence-corrected chi connectivity index (χ1v) is 12.3. The normalized spacial score (nSPS) is 14.4. The first-order valence-electron chi connectivity index (χ1n) is 10.3. The molecule has 0 spiro atoms. The molecule has 1 aliphatic rings. The molecule has 1 aliphatic heterocycles. The van der Waals surface area contributed by atoms with Gasteiger partial charge < -0.3 is 9.47 Å². The number of carbonyl (C=O) groups is 1. The third-order valence-electron chi connectivity index (χ3n) is 5.07. The molecule has 0 N–H and O–H groups in total. The van der Waals surface area contributed by atoms with Crippen LogP contribution in [-0.2, 0) is 17.9 Å². The lowest BCUT2D eigenvalue weighted by molar-refractivity contribution is -0.122. The number of methoxy groups -OCH3 is 1. The molecule has 0 aromatic heterocycles. The molecule has 0 atom stereocenters. The third kappa shape index (κ3) is 5.50. The number of nitrogens with zero attached hydrogens (tertiary/aromatic N) is 2. The largest absolute Gasteiger partial charge is 0.493 e. The van der Waals surface area contributed by atoms with Crippen molar-refractivity contribution in [2.24, 2.45) is 0 Å². The van der Waals surface area contributed by atoms with Crippen molar-refractivity contribution in [3.05, 3.63) is 98.4 Å². The second-order valence-electron chi connectivity index (χ2n) is 7.38. The average molecular weight is 551 g/mol. The van der Waals surface area contributed by atoms with Crippen molar-refractivity contribution >= 4 is 56.2 Å². The van der Waals surface area contributed by atoms with Gasteiger partial charge in [-0.1, -0.05) is 66.4 Å². The number of hydrogen-bond donors (Lipinski definition) is 0. The third-order valence-corrected chi connectivity index (χ3v) is 7.04. The van der Waals surface area contributed by atoms with E-state index in [1.165, 1.54) is 11.8 Å². The molecule has 1 fully saturated rings. The summed E-state index contributed by atoms with van der Waals surface area (Å²) in [6.07, 6.45) is 1.81. The number of carbonyl (C=O) groups excluding carboxylic acids is 1. The fourth-order valence-corrected chi connectivity index (χ4v) is 5.18. The maximum absolute atomic E-state index is 13.0. The molecule has 4 rings (SSSR count). The topological polar surface area (TPSA) is 62.6 Å². The van der Waals surface area contributed by atoms with Crippen LogP contribution in [0.4, 0.5) is 0 Å². The van der Waals surface area contributed by atoms with Crippen LogP contribution in [0, 0.1) is 11.3 Å². The van der Waals surface area contributed by atoms with Crippen molar-refractivity contribution in [2.45, 2.75) is 13.2 Å². The minimum absolute atomic E-state index is 0.116. The number of benzene rings is 3. The Morgan fingerprint density at radius 1 is 1.12 bits per heavy atom. The van der Waals surface area contributed by atoms with E-state index < -0.39 is 0 Å². The summed E-state index contributed by atoms with van der Waals surface area (Å²) in [5.74, 6) is 0.977. The Balaban J connectivity index is 1.52. The summed E-state index contributed by atoms with van der Waals surface area (Å²) < 4.78 is 12.8. The zero-order valence-corrected chi connectivity index (χ0v) is 21.4. The van der Waals surface area contributed by atoms with Crippen molar-refractivity contribution in [3.63, 3.8) is 0 Å². The molecule has 0 saturated carbocycles. The van der Waals surface area contributed by atoms with E-state index in [0.29, 0.717) is 43.9 Å². The van der Waals surface area contributed by atoms with Gasteiger partial charge in [0.15, 0.2) is 11.5 Å². The van der Waals surface area contributed by atoms with E-state index >= 15 is 0 Å².